The minimum Gasteiger partial charge on any atom is -0.490 e. The molecule has 0 saturated carbocycles. The molecule has 2 aromatic carbocycles. The largest absolute Gasteiger partial charge is 0.490 e. The number of rotatable bonds is 5. The highest BCUT2D eigenvalue weighted by Gasteiger charge is 2.33. The maximum Gasteiger partial charge on any atom is 0.148 e. The van der Waals surface area contributed by atoms with Gasteiger partial charge in [0.25, 0.3) is 0 Å². The van der Waals surface area contributed by atoms with Crippen LogP contribution in [0.1, 0.15) is 49.4 Å². The molecule has 1 aliphatic carbocycles. The second kappa shape index (κ2) is 8.62. The van der Waals surface area contributed by atoms with Gasteiger partial charge in [0.2, 0.25) is 0 Å². The molecule has 0 radical (unpaired) electrons. The van der Waals surface area contributed by atoms with Gasteiger partial charge in [-0.1, -0.05) is 29.5 Å². The molecule has 1 aliphatic heterocycles. The van der Waals surface area contributed by atoms with E-state index in [-0.39, 0.29) is 6.10 Å². The fraction of sp³-hybridized carbons (Fsp3) is 0.400. The first-order valence-electron chi connectivity index (χ1n) is 11.2. The van der Waals surface area contributed by atoms with Gasteiger partial charge in [-0.3, -0.25) is 4.90 Å². The average molecular weight is 446 g/mol. The standard InChI is InChI=1S/C25H27N5OS/c1-15(2)31-23-9-6-16(12-17(23)13-26)24-28-29-25(32-24)21-5-3-4-20-19(21)7-8-22(20)30-11-10-18(27)14-30/h3-6,9,12,15,18,22H,7-8,10-11,14,27H2,1-2H3/t18-,22?/m1/s1. The topological polar surface area (TPSA) is 88.1 Å². The lowest BCUT2D eigenvalue weighted by Crippen LogP contribution is -2.29. The van der Waals surface area contributed by atoms with Gasteiger partial charge in [0, 0.05) is 36.3 Å². The van der Waals surface area contributed by atoms with Crippen LogP contribution in [0.5, 0.6) is 5.75 Å². The first kappa shape index (κ1) is 21.1. The number of nitrogens with zero attached hydrogens (tertiary/aromatic N) is 4. The summed E-state index contributed by atoms with van der Waals surface area (Å²) in [6.07, 6.45) is 3.28. The van der Waals surface area contributed by atoms with Crippen LogP contribution < -0.4 is 10.5 Å². The summed E-state index contributed by atoms with van der Waals surface area (Å²) >= 11 is 1.57. The molecule has 1 saturated heterocycles. The lowest BCUT2D eigenvalue weighted by molar-refractivity contribution is 0.242. The van der Waals surface area contributed by atoms with Crippen molar-refractivity contribution in [3.63, 3.8) is 0 Å². The Kier molecular flexibility index (Phi) is 5.68. The van der Waals surface area contributed by atoms with Gasteiger partial charge in [-0.2, -0.15) is 5.26 Å². The average Bonchev–Trinajstić information content (AvgIpc) is 3.52. The second-order valence-corrected chi connectivity index (χ2v) is 9.85. The monoisotopic (exact) mass is 445 g/mol. The molecule has 1 fully saturated rings. The molecule has 32 heavy (non-hydrogen) atoms. The van der Waals surface area contributed by atoms with Crippen LogP contribution in [-0.4, -0.2) is 40.3 Å². The van der Waals surface area contributed by atoms with Crippen LogP contribution in [0.25, 0.3) is 21.1 Å². The zero-order valence-electron chi connectivity index (χ0n) is 18.4. The Morgan fingerprint density at radius 2 is 2.03 bits per heavy atom. The van der Waals surface area contributed by atoms with Crippen LogP contribution in [0.15, 0.2) is 36.4 Å². The van der Waals surface area contributed by atoms with Crippen molar-refractivity contribution in [3.05, 3.63) is 53.1 Å². The van der Waals surface area contributed by atoms with Gasteiger partial charge < -0.3 is 10.5 Å². The van der Waals surface area contributed by atoms with Gasteiger partial charge in [-0.05, 0) is 62.4 Å². The number of hydrogen-bond donors (Lipinski definition) is 1. The number of fused-ring (bicyclic) bond motifs is 1. The maximum atomic E-state index is 9.55. The first-order valence-corrected chi connectivity index (χ1v) is 12.0. The molecule has 5 rings (SSSR count). The van der Waals surface area contributed by atoms with Gasteiger partial charge in [-0.15, -0.1) is 10.2 Å². The van der Waals surface area contributed by atoms with Crippen molar-refractivity contribution in [2.24, 2.45) is 5.73 Å². The fourth-order valence-electron chi connectivity index (χ4n) is 4.87. The van der Waals surface area contributed by atoms with Crippen LogP contribution in [0.4, 0.5) is 0 Å². The van der Waals surface area contributed by atoms with Crippen molar-refractivity contribution in [3.8, 4) is 33.0 Å². The molecule has 1 unspecified atom stereocenters. The quantitative estimate of drug-likeness (QED) is 0.620. The SMILES string of the molecule is CC(C)Oc1ccc(-c2nnc(-c3cccc4c3CCC4N3CC[C@@H](N)C3)s2)cc1C#N. The summed E-state index contributed by atoms with van der Waals surface area (Å²) in [4.78, 5) is 2.54. The van der Waals surface area contributed by atoms with Gasteiger partial charge in [-0.25, -0.2) is 0 Å². The molecule has 164 valence electrons. The molecule has 6 nitrogen and oxygen atoms in total. The Hall–Kier alpha value is -2.79. The molecule has 3 aromatic rings. The fourth-order valence-corrected chi connectivity index (χ4v) is 5.76. The van der Waals surface area contributed by atoms with Crippen LogP contribution in [0.2, 0.25) is 0 Å². The zero-order chi connectivity index (χ0) is 22.2. The van der Waals surface area contributed by atoms with E-state index < -0.39 is 0 Å². The molecule has 2 aliphatic rings. The van der Waals surface area contributed by atoms with Crippen LogP contribution >= 0.6 is 11.3 Å². The predicted molar refractivity (Wildman–Crippen MR) is 126 cm³/mol. The van der Waals surface area contributed by atoms with Gasteiger partial charge in [0.15, 0.2) is 0 Å². The third-order valence-corrected chi connectivity index (χ3v) is 7.31. The molecule has 0 bridgehead atoms. The lowest BCUT2D eigenvalue weighted by Gasteiger charge is -2.24. The summed E-state index contributed by atoms with van der Waals surface area (Å²) in [6.45, 7) is 5.96. The zero-order valence-corrected chi connectivity index (χ0v) is 19.2. The number of hydrogen-bond acceptors (Lipinski definition) is 7. The minimum absolute atomic E-state index is 0.0152. The van der Waals surface area contributed by atoms with E-state index in [0.717, 1.165) is 47.9 Å². The maximum absolute atomic E-state index is 9.55. The Labute approximate surface area is 192 Å². The van der Waals surface area contributed by atoms with Crippen molar-refractivity contribution in [2.75, 3.05) is 13.1 Å². The van der Waals surface area contributed by atoms with Crippen molar-refractivity contribution in [2.45, 2.75) is 51.3 Å². The summed E-state index contributed by atoms with van der Waals surface area (Å²) in [5.41, 5.74) is 11.5. The van der Waals surface area contributed by atoms with Crippen molar-refractivity contribution >= 4 is 11.3 Å². The number of aromatic nitrogens is 2. The van der Waals surface area contributed by atoms with E-state index in [4.69, 9.17) is 10.5 Å². The summed E-state index contributed by atoms with van der Waals surface area (Å²) in [5.74, 6) is 0.601. The molecule has 7 heteroatoms. The molecule has 2 atom stereocenters. The van der Waals surface area contributed by atoms with Crippen LogP contribution in [0, 0.1) is 11.3 Å². The van der Waals surface area contributed by atoms with Crippen molar-refractivity contribution in [1.29, 1.82) is 5.26 Å². The molecule has 0 amide bonds. The molecular formula is C25H27N5OS. The highest BCUT2D eigenvalue weighted by atomic mass is 32.1. The molecular weight excluding hydrogens is 418 g/mol. The van der Waals surface area contributed by atoms with E-state index in [1.165, 1.54) is 16.7 Å². The first-order chi connectivity index (χ1) is 15.5. The molecule has 0 spiro atoms. The smallest absolute Gasteiger partial charge is 0.148 e. The van der Waals surface area contributed by atoms with E-state index in [0.29, 0.717) is 23.4 Å². The second-order valence-electron chi connectivity index (χ2n) is 8.87. The van der Waals surface area contributed by atoms with E-state index in [2.05, 4.69) is 39.4 Å². The Morgan fingerprint density at radius 3 is 2.78 bits per heavy atom. The van der Waals surface area contributed by atoms with E-state index in [1.807, 2.05) is 32.0 Å². The molecule has 2 heterocycles. The van der Waals surface area contributed by atoms with Crippen LogP contribution in [-0.2, 0) is 6.42 Å². The Morgan fingerprint density at radius 1 is 1.19 bits per heavy atom. The van der Waals surface area contributed by atoms with E-state index in [1.54, 1.807) is 11.3 Å². The normalized spacial score (nSPS) is 20.5. The van der Waals surface area contributed by atoms with Crippen molar-refractivity contribution < 1.29 is 4.74 Å². The highest BCUT2D eigenvalue weighted by Crippen LogP contribution is 2.43. The summed E-state index contributed by atoms with van der Waals surface area (Å²) in [6, 6.07) is 15.2. The van der Waals surface area contributed by atoms with Gasteiger partial charge >= 0.3 is 0 Å². The molecule has 1 aromatic heterocycles. The van der Waals surface area contributed by atoms with Gasteiger partial charge in [0.05, 0.1) is 11.7 Å². The Balaban J connectivity index is 1.44. The van der Waals surface area contributed by atoms with Gasteiger partial charge in [0.1, 0.15) is 21.8 Å². The predicted octanol–water partition coefficient (Wildman–Crippen LogP) is 4.55. The summed E-state index contributed by atoms with van der Waals surface area (Å²) in [5, 5.41) is 20.3. The number of nitriles is 1. The third kappa shape index (κ3) is 3.90. The van der Waals surface area contributed by atoms with Crippen molar-refractivity contribution in [1.82, 2.24) is 15.1 Å². The van der Waals surface area contributed by atoms with E-state index >= 15 is 0 Å². The third-order valence-electron chi connectivity index (χ3n) is 6.30. The number of nitrogens with two attached hydrogens (primary N) is 1. The van der Waals surface area contributed by atoms with Crippen LogP contribution in [0.3, 0.4) is 0 Å². The summed E-state index contributed by atoms with van der Waals surface area (Å²) < 4.78 is 5.74. The molecule has 2 N–H and O–H groups in total. The lowest BCUT2D eigenvalue weighted by atomic mass is 10.0. The number of likely N-dealkylation sites (tertiary alicyclic amines) is 1. The summed E-state index contributed by atoms with van der Waals surface area (Å²) in [7, 11) is 0. The highest BCUT2D eigenvalue weighted by molar-refractivity contribution is 7.17. The minimum atomic E-state index is 0.0152. The van der Waals surface area contributed by atoms with E-state index in [9.17, 15) is 5.26 Å². The Bertz CT molecular complexity index is 1180. The number of benzene rings is 2. The number of ether oxygens (including phenoxy) is 1.